The molecule has 0 atom stereocenters. The molecule has 16 aromatic rings. The molecule has 0 fully saturated rings. The normalized spacial score (nSPS) is 11.7. The molecular formula is C80H52F3N7. The molecule has 0 spiro atoms. The third-order valence-corrected chi connectivity index (χ3v) is 17.8. The van der Waals surface area contributed by atoms with Gasteiger partial charge in [-0.05, 0) is 158 Å². The molecule has 0 saturated heterocycles. The summed E-state index contributed by atoms with van der Waals surface area (Å²) in [6, 6.07) is 85.5. The second kappa shape index (κ2) is 21.2. The molecule has 12 aromatic carbocycles. The first kappa shape index (κ1) is 54.7. The molecule has 0 aliphatic carbocycles. The monoisotopic (exact) mass is 1170 g/mol. The van der Waals surface area contributed by atoms with Gasteiger partial charge < -0.3 is 18.3 Å². The molecule has 4 aromatic heterocycles. The van der Waals surface area contributed by atoms with Gasteiger partial charge >= 0.3 is 6.18 Å². The lowest BCUT2D eigenvalue weighted by Crippen LogP contribution is -2.12. The number of alkyl halides is 3. The highest BCUT2D eigenvalue weighted by Gasteiger charge is 2.37. The number of benzene rings is 12. The van der Waals surface area contributed by atoms with Crippen LogP contribution in [0, 0.1) is 61.7 Å². The third kappa shape index (κ3) is 8.55. The van der Waals surface area contributed by atoms with Crippen LogP contribution in [0.3, 0.4) is 0 Å². The molecule has 7 nitrogen and oxygen atoms in total. The maximum atomic E-state index is 15.5. The molecule has 428 valence electrons. The minimum atomic E-state index is -4.70. The highest BCUT2D eigenvalue weighted by Crippen LogP contribution is 2.48. The van der Waals surface area contributed by atoms with Gasteiger partial charge in [0.05, 0.1) is 96.0 Å². The molecule has 0 radical (unpaired) electrons. The zero-order valence-electron chi connectivity index (χ0n) is 49.4. The van der Waals surface area contributed by atoms with Crippen molar-refractivity contribution in [3.8, 4) is 63.2 Å². The summed E-state index contributed by atoms with van der Waals surface area (Å²) in [7, 11) is 0. The average molecular weight is 1170 g/mol. The van der Waals surface area contributed by atoms with E-state index in [-0.39, 0.29) is 11.1 Å². The number of nitriles is 3. The fraction of sp³-hybridized carbons (Fsp3) is 0.0625. The number of hydrogen-bond donors (Lipinski definition) is 0. The Labute approximate surface area is 516 Å². The van der Waals surface area contributed by atoms with Gasteiger partial charge in [-0.15, -0.1) is 0 Å². The number of aromatic nitrogens is 4. The first-order valence-corrected chi connectivity index (χ1v) is 29.7. The van der Waals surface area contributed by atoms with Crippen molar-refractivity contribution in [2.75, 3.05) is 0 Å². The van der Waals surface area contributed by atoms with Crippen molar-refractivity contribution >= 4 is 87.2 Å². The van der Waals surface area contributed by atoms with Crippen LogP contribution < -0.4 is 0 Å². The van der Waals surface area contributed by atoms with Crippen LogP contribution in [-0.4, -0.2) is 18.3 Å². The van der Waals surface area contributed by atoms with Crippen molar-refractivity contribution in [1.29, 1.82) is 15.8 Å². The molecule has 0 N–H and O–H groups in total. The number of rotatable bonds is 6. The van der Waals surface area contributed by atoms with Crippen molar-refractivity contribution in [2.45, 2.75) is 33.9 Å². The van der Waals surface area contributed by atoms with E-state index in [0.717, 1.165) is 105 Å². The second-order valence-corrected chi connectivity index (χ2v) is 23.1. The summed E-state index contributed by atoms with van der Waals surface area (Å²) < 4.78 is 54.8. The first-order chi connectivity index (χ1) is 43.8. The summed E-state index contributed by atoms with van der Waals surface area (Å²) >= 11 is 0. The number of fused-ring (bicyclic) bond motifs is 12. The zero-order chi connectivity index (χ0) is 61.7. The molecule has 0 amide bonds. The highest BCUT2D eigenvalue weighted by atomic mass is 19.4. The summed E-state index contributed by atoms with van der Waals surface area (Å²) in [6.45, 7) is 8.34. The van der Waals surface area contributed by atoms with Gasteiger partial charge in [0.1, 0.15) is 0 Å². The Morgan fingerprint density at radius 3 is 1.01 bits per heavy atom. The fourth-order valence-electron chi connectivity index (χ4n) is 14.1. The Balaban J connectivity index is 0.000000150. The Morgan fingerprint density at radius 2 is 0.633 bits per heavy atom. The lowest BCUT2D eigenvalue weighted by atomic mass is 9.94. The smallest absolute Gasteiger partial charge is 0.309 e. The van der Waals surface area contributed by atoms with E-state index >= 15 is 13.2 Å². The van der Waals surface area contributed by atoms with Gasteiger partial charge in [0.25, 0.3) is 0 Å². The molecule has 4 heterocycles. The number of aryl methyl sites for hydroxylation is 4. The quantitative estimate of drug-likeness (QED) is 0.166. The van der Waals surface area contributed by atoms with E-state index < -0.39 is 11.7 Å². The second-order valence-electron chi connectivity index (χ2n) is 23.1. The minimum absolute atomic E-state index is 0.0226. The molecule has 0 bridgehead atoms. The lowest BCUT2D eigenvalue weighted by Gasteiger charge is -2.22. The number of nitrogens with zero attached hydrogens (tertiary/aromatic N) is 7. The fourth-order valence-corrected chi connectivity index (χ4v) is 14.1. The first-order valence-electron chi connectivity index (χ1n) is 29.7. The van der Waals surface area contributed by atoms with Gasteiger partial charge in [-0.25, -0.2) is 0 Å². The maximum Gasteiger partial charge on any atom is 0.417 e. The molecule has 0 aliphatic rings. The van der Waals surface area contributed by atoms with Crippen molar-refractivity contribution in [3.05, 3.63) is 287 Å². The number of para-hydroxylation sites is 4. The van der Waals surface area contributed by atoms with Crippen molar-refractivity contribution in [1.82, 2.24) is 18.3 Å². The van der Waals surface area contributed by atoms with E-state index in [9.17, 15) is 15.8 Å². The van der Waals surface area contributed by atoms with E-state index in [1.54, 1.807) is 24.3 Å². The highest BCUT2D eigenvalue weighted by molar-refractivity contribution is 6.15. The van der Waals surface area contributed by atoms with Crippen molar-refractivity contribution < 1.29 is 13.2 Å². The van der Waals surface area contributed by atoms with Crippen LogP contribution in [-0.2, 0) is 6.18 Å². The zero-order valence-corrected chi connectivity index (χ0v) is 49.4. The van der Waals surface area contributed by atoms with E-state index in [4.69, 9.17) is 0 Å². The molecule has 0 aliphatic heterocycles. The van der Waals surface area contributed by atoms with Crippen molar-refractivity contribution in [3.63, 3.8) is 0 Å². The van der Waals surface area contributed by atoms with Crippen LogP contribution in [0.4, 0.5) is 13.2 Å². The standard InChI is InChI=1S/C40H26F3N3.C40H26N4/c1-24-10-7-18-34-37(24)29-14-3-5-16-32(29)45(34)28-21-31(40(41,42)43)39(27-13-9-12-26(20-27)23-44)36(22-28)46-33-17-6-4-15-30(33)38-25(2)11-8-19-35(38)46;1-25-10-7-18-35-38(25)31-14-3-5-16-33(31)43(35)30-21-29(24-42)40(28-13-9-12-27(20-28)23-41)37(22-30)44-34-17-6-4-15-32(34)39-26(2)11-8-19-36(39)44/h3-22H,1-2H3;3-22H,1-2H3. The van der Waals surface area contributed by atoms with E-state index in [1.807, 2.05) is 138 Å². The number of halogens is 3. The van der Waals surface area contributed by atoms with E-state index in [2.05, 4.69) is 132 Å². The predicted molar refractivity (Wildman–Crippen MR) is 359 cm³/mol. The van der Waals surface area contributed by atoms with E-state index in [1.165, 1.54) is 39.4 Å². The SMILES string of the molecule is Cc1cccc2c1c1ccccc1n2-c1cc(-n2c3ccccc3c3c(C)cccc32)c(-c2cccc(C#N)c2)c(C(F)(F)F)c1.Cc1cccc2c1c1ccccc1n2-c1cc(C#N)c(-c2cccc(C#N)c2)c(-n2c3ccccc3c3c(C)cccc32)c1. The predicted octanol–water partition coefficient (Wildman–Crippen LogP) is 21.0. The van der Waals surface area contributed by atoms with Crippen LogP contribution in [0.25, 0.3) is 132 Å². The molecule has 0 saturated carbocycles. The topological polar surface area (TPSA) is 91.1 Å². The summed E-state index contributed by atoms with van der Waals surface area (Å²) in [5.41, 5.74) is 17.2. The van der Waals surface area contributed by atoms with Gasteiger partial charge in [-0.1, -0.05) is 146 Å². The van der Waals surface area contributed by atoms with Gasteiger partial charge in [0.15, 0.2) is 0 Å². The summed E-state index contributed by atoms with van der Waals surface area (Å²) in [5, 5.41) is 38.9. The summed E-state index contributed by atoms with van der Waals surface area (Å²) in [6.07, 6.45) is -4.70. The van der Waals surface area contributed by atoms with Crippen LogP contribution in [0.15, 0.2) is 243 Å². The van der Waals surface area contributed by atoms with Gasteiger partial charge in [0, 0.05) is 65.6 Å². The molecule has 10 heteroatoms. The third-order valence-electron chi connectivity index (χ3n) is 17.8. The Morgan fingerprint density at radius 1 is 0.311 bits per heavy atom. The Hall–Kier alpha value is -11.9. The van der Waals surface area contributed by atoms with Crippen LogP contribution in [0.2, 0.25) is 0 Å². The lowest BCUT2D eigenvalue weighted by molar-refractivity contribution is -0.137. The van der Waals surface area contributed by atoms with Gasteiger partial charge in [-0.3, -0.25) is 0 Å². The van der Waals surface area contributed by atoms with Crippen LogP contribution in [0.5, 0.6) is 0 Å². The largest absolute Gasteiger partial charge is 0.417 e. The molecule has 16 rings (SSSR count). The molecule has 0 unspecified atom stereocenters. The van der Waals surface area contributed by atoms with Crippen LogP contribution in [0.1, 0.15) is 44.5 Å². The Bertz CT molecular complexity index is 5830. The minimum Gasteiger partial charge on any atom is -0.309 e. The van der Waals surface area contributed by atoms with Crippen molar-refractivity contribution in [2.24, 2.45) is 0 Å². The maximum absolute atomic E-state index is 15.5. The van der Waals surface area contributed by atoms with Crippen LogP contribution >= 0.6 is 0 Å². The summed E-state index contributed by atoms with van der Waals surface area (Å²) in [5.74, 6) is 0. The van der Waals surface area contributed by atoms with Gasteiger partial charge in [0.2, 0.25) is 0 Å². The molecular weight excluding hydrogens is 1120 g/mol. The Kier molecular flexibility index (Phi) is 12.9. The summed E-state index contributed by atoms with van der Waals surface area (Å²) in [4.78, 5) is 0. The number of hydrogen-bond acceptors (Lipinski definition) is 3. The molecule has 90 heavy (non-hydrogen) atoms. The average Bonchev–Trinajstić information content (AvgIpc) is 1.57. The van der Waals surface area contributed by atoms with E-state index in [0.29, 0.717) is 28.1 Å². The van der Waals surface area contributed by atoms with Gasteiger partial charge in [-0.2, -0.15) is 29.0 Å².